The van der Waals surface area contributed by atoms with Gasteiger partial charge in [0.25, 0.3) is 0 Å². The molecule has 1 rings (SSSR count). The average Bonchev–Trinajstić information content (AvgIpc) is 2.53. The Morgan fingerprint density at radius 2 is 1.81 bits per heavy atom. The molecule has 0 amide bonds. The van der Waals surface area contributed by atoms with E-state index in [1.54, 1.807) is 0 Å². The fraction of sp³-hybridized carbons (Fsp3) is 0.895. The van der Waals surface area contributed by atoms with Crippen molar-refractivity contribution in [2.45, 2.75) is 97.7 Å². The third-order valence-corrected chi connectivity index (χ3v) is 10.2. The largest absolute Gasteiger partial charge is 0.547 e. The predicted molar refractivity (Wildman–Crippen MR) is 97.0 cm³/mol. The first kappa shape index (κ1) is 18.8. The normalized spacial score (nSPS) is 21.0. The SMILES string of the molecule is CCCCCC(C)C1C=C(O[Si](CC)(CC)CC)CCC1. The molecular weight excluding hydrogens is 272 g/mol. The zero-order valence-corrected chi connectivity index (χ0v) is 16.2. The molecule has 1 aliphatic carbocycles. The van der Waals surface area contributed by atoms with Gasteiger partial charge in [-0.15, -0.1) is 0 Å². The predicted octanol–water partition coefficient (Wildman–Crippen LogP) is 6.91. The first-order chi connectivity index (χ1) is 10.1. The van der Waals surface area contributed by atoms with Gasteiger partial charge in [0.05, 0.1) is 5.76 Å². The number of rotatable bonds is 10. The van der Waals surface area contributed by atoms with Crippen LogP contribution in [-0.4, -0.2) is 8.32 Å². The molecule has 21 heavy (non-hydrogen) atoms. The maximum Gasteiger partial charge on any atom is 0.250 e. The second-order valence-corrected chi connectivity index (χ2v) is 11.7. The quantitative estimate of drug-likeness (QED) is 0.315. The van der Waals surface area contributed by atoms with Gasteiger partial charge >= 0.3 is 0 Å². The lowest BCUT2D eigenvalue weighted by atomic mass is 9.82. The van der Waals surface area contributed by atoms with E-state index in [0.29, 0.717) is 0 Å². The fourth-order valence-corrected chi connectivity index (χ4v) is 6.29. The highest BCUT2D eigenvalue weighted by Gasteiger charge is 2.32. The molecule has 0 spiro atoms. The summed E-state index contributed by atoms with van der Waals surface area (Å²) in [4.78, 5) is 0. The molecule has 0 aliphatic heterocycles. The van der Waals surface area contributed by atoms with Crippen molar-refractivity contribution >= 4 is 8.32 Å². The Bertz CT molecular complexity index is 298. The first-order valence-electron chi connectivity index (χ1n) is 9.50. The van der Waals surface area contributed by atoms with Crippen LogP contribution >= 0.6 is 0 Å². The van der Waals surface area contributed by atoms with Crippen molar-refractivity contribution in [2.24, 2.45) is 11.8 Å². The average molecular weight is 311 g/mol. The molecule has 0 fully saturated rings. The molecule has 0 saturated heterocycles. The van der Waals surface area contributed by atoms with Gasteiger partial charge in [-0.2, -0.15) is 0 Å². The minimum Gasteiger partial charge on any atom is -0.547 e. The van der Waals surface area contributed by atoms with E-state index in [0.717, 1.165) is 11.8 Å². The van der Waals surface area contributed by atoms with Crippen molar-refractivity contribution in [2.75, 3.05) is 0 Å². The monoisotopic (exact) mass is 310 g/mol. The minimum absolute atomic E-state index is 0.767. The van der Waals surface area contributed by atoms with E-state index in [2.05, 4.69) is 40.7 Å². The van der Waals surface area contributed by atoms with Crippen LogP contribution < -0.4 is 0 Å². The van der Waals surface area contributed by atoms with Gasteiger partial charge in [-0.25, -0.2) is 0 Å². The van der Waals surface area contributed by atoms with E-state index < -0.39 is 8.32 Å². The summed E-state index contributed by atoms with van der Waals surface area (Å²) in [6.07, 6.45) is 11.9. The molecule has 0 aromatic rings. The molecule has 1 aliphatic rings. The first-order valence-corrected chi connectivity index (χ1v) is 12.0. The lowest BCUT2D eigenvalue weighted by molar-refractivity contribution is 0.300. The van der Waals surface area contributed by atoms with Crippen molar-refractivity contribution in [3.8, 4) is 0 Å². The molecule has 124 valence electrons. The van der Waals surface area contributed by atoms with Gasteiger partial charge in [0.2, 0.25) is 8.32 Å². The van der Waals surface area contributed by atoms with Crippen molar-refractivity contribution in [1.29, 1.82) is 0 Å². The minimum atomic E-state index is -1.47. The number of hydrogen-bond donors (Lipinski definition) is 0. The molecule has 0 radical (unpaired) electrons. The standard InChI is InChI=1S/C19H38OSi/c1-6-10-11-13-17(5)18-14-12-15-19(16-18)20-21(7-2,8-3)9-4/h16-18H,6-15H2,1-5H3. The van der Waals surface area contributed by atoms with E-state index in [9.17, 15) is 0 Å². The second kappa shape index (κ2) is 9.71. The van der Waals surface area contributed by atoms with E-state index >= 15 is 0 Å². The van der Waals surface area contributed by atoms with Crippen LogP contribution in [0, 0.1) is 11.8 Å². The molecule has 2 atom stereocenters. The zero-order valence-electron chi connectivity index (χ0n) is 15.2. The Balaban J connectivity index is 2.62. The molecular formula is C19H38OSi. The molecule has 0 saturated carbocycles. The lowest BCUT2D eigenvalue weighted by Crippen LogP contribution is -2.36. The maximum absolute atomic E-state index is 6.63. The van der Waals surface area contributed by atoms with Crippen LogP contribution in [0.4, 0.5) is 0 Å². The van der Waals surface area contributed by atoms with Crippen LogP contribution in [0.25, 0.3) is 0 Å². The second-order valence-electron chi connectivity index (χ2n) is 7.01. The summed E-state index contributed by atoms with van der Waals surface area (Å²) in [6.45, 7) is 11.7. The lowest BCUT2D eigenvalue weighted by Gasteiger charge is -2.34. The fourth-order valence-electron chi connectivity index (χ4n) is 3.63. The molecule has 2 unspecified atom stereocenters. The Labute approximate surface area is 134 Å². The van der Waals surface area contributed by atoms with Crippen molar-refractivity contribution < 1.29 is 4.43 Å². The van der Waals surface area contributed by atoms with E-state index in [4.69, 9.17) is 4.43 Å². The molecule has 2 heteroatoms. The zero-order chi connectivity index (χ0) is 15.7. The number of unbranched alkanes of at least 4 members (excludes halogenated alkanes) is 2. The van der Waals surface area contributed by atoms with Gasteiger partial charge in [-0.05, 0) is 48.9 Å². The van der Waals surface area contributed by atoms with Crippen LogP contribution in [0.5, 0.6) is 0 Å². The van der Waals surface area contributed by atoms with Gasteiger partial charge in [-0.1, -0.05) is 60.3 Å². The van der Waals surface area contributed by atoms with E-state index in [-0.39, 0.29) is 0 Å². The topological polar surface area (TPSA) is 9.23 Å². The van der Waals surface area contributed by atoms with Gasteiger partial charge < -0.3 is 4.43 Å². The highest BCUT2D eigenvalue weighted by molar-refractivity contribution is 6.73. The molecule has 0 N–H and O–H groups in total. The summed E-state index contributed by atoms with van der Waals surface area (Å²) in [7, 11) is -1.47. The summed E-state index contributed by atoms with van der Waals surface area (Å²) in [6, 6.07) is 3.77. The third-order valence-electron chi connectivity index (χ3n) is 5.64. The summed E-state index contributed by atoms with van der Waals surface area (Å²) in [5.41, 5.74) is 0. The van der Waals surface area contributed by atoms with Gasteiger partial charge in [0.15, 0.2) is 0 Å². The Morgan fingerprint density at radius 3 is 2.38 bits per heavy atom. The van der Waals surface area contributed by atoms with Crippen LogP contribution in [0.3, 0.4) is 0 Å². The third kappa shape index (κ3) is 5.81. The van der Waals surface area contributed by atoms with Crippen LogP contribution in [-0.2, 0) is 4.43 Å². The van der Waals surface area contributed by atoms with Crippen molar-refractivity contribution in [1.82, 2.24) is 0 Å². The molecule has 0 heterocycles. The smallest absolute Gasteiger partial charge is 0.250 e. The summed E-state index contributed by atoms with van der Waals surface area (Å²) < 4.78 is 6.63. The molecule has 0 aromatic carbocycles. The van der Waals surface area contributed by atoms with E-state index in [1.165, 1.54) is 68.8 Å². The molecule has 0 aromatic heterocycles. The van der Waals surface area contributed by atoms with Crippen molar-refractivity contribution in [3.05, 3.63) is 11.8 Å². The Kier molecular flexibility index (Phi) is 8.69. The molecule has 1 nitrogen and oxygen atoms in total. The van der Waals surface area contributed by atoms with Crippen LogP contribution in [0.1, 0.15) is 79.6 Å². The molecule has 0 bridgehead atoms. The summed E-state index contributed by atoms with van der Waals surface area (Å²) in [5, 5.41) is 0. The van der Waals surface area contributed by atoms with Gasteiger partial charge in [0.1, 0.15) is 0 Å². The van der Waals surface area contributed by atoms with Gasteiger partial charge in [0, 0.05) is 6.42 Å². The maximum atomic E-state index is 6.63. The summed E-state index contributed by atoms with van der Waals surface area (Å²) >= 11 is 0. The van der Waals surface area contributed by atoms with Crippen molar-refractivity contribution in [3.63, 3.8) is 0 Å². The summed E-state index contributed by atoms with van der Waals surface area (Å²) in [5.74, 6) is 2.95. The van der Waals surface area contributed by atoms with Crippen LogP contribution in [0.15, 0.2) is 11.8 Å². The Hall–Kier alpha value is -0.243. The highest BCUT2D eigenvalue weighted by atomic mass is 28.4. The Morgan fingerprint density at radius 1 is 1.14 bits per heavy atom. The van der Waals surface area contributed by atoms with Crippen LogP contribution in [0.2, 0.25) is 18.1 Å². The van der Waals surface area contributed by atoms with E-state index in [1.807, 2.05) is 0 Å². The highest BCUT2D eigenvalue weighted by Crippen LogP contribution is 2.34. The number of hydrogen-bond acceptors (Lipinski definition) is 1. The number of allylic oxidation sites excluding steroid dienone is 2. The van der Waals surface area contributed by atoms with Gasteiger partial charge in [-0.3, -0.25) is 0 Å².